The number of aromatic nitrogens is 3. The van der Waals surface area contributed by atoms with Crippen LogP contribution in [-0.2, 0) is 12.8 Å². The lowest BCUT2D eigenvalue weighted by atomic mass is 10.1. The van der Waals surface area contributed by atoms with Crippen LogP contribution in [0, 0.1) is 0 Å². The van der Waals surface area contributed by atoms with Gasteiger partial charge in [-0.15, -0.1) is 0 Å². The van der Waals surface area contributed by atoms with Gasteiger partial charge in [-0.2, -0.15) is 5.10 Å². The number of hydrogen-bond acceptors (Lipinski definition) is 4. The Hall–Kier alpha value is -0.940. The monoisotopic (exact) mass is 210 g/mol. The molecule has 0 fully saturated rings. The highest BCUT2D eigenvalue weighted by molar-refractivity contribution is 4.97. The van der Waals surface area contributed by atoms with E-state index in [-0.39, 0.29) is 0 Å². The van der Waals surface area contributed by atoms with Gasteiger partial charge in [0.15, 0.2) is 5.82 Å². The molecule has 1 atom stereocenters. The topological polar surface area (TPSA) is 54.2 Å². The van der Waals surface area contributed by atoms with Gasteiger partial charge in [-0.3, -0.25) is 0 Å². The number of nitrogens with zero attached hydrogens (tertiary/aromatic N) is 4. The molecule has 15 heavy (non-hydrogen) atoms. The van der Waals surface area contributed by atoms with Crippen LogP contribution < -0.4 is 0 Å². The highest BCUT2D eigenvalue weighted by atomic mass is 16.3. The highest BCUT2D eigenvalue weighted by Gasteiger charge is 2.20. The molecule has 1 aromatic rings. The average Bonchev–Trinajstić information content (AvgIpc) is 2.59. The molecule has 1 aliphatic heterocycles. The van der Waals surface area contributed by atoms with Crippen LogP contribution >= 0.6 is 0 Å². The third kappa shape index (κ3) is 2.35. The Balaban J connectivity index is 2.08. The maximum Gasteiger partial charge on any atom is 0.152 e. The summed E-state index contributed by atoms with van der Waals surface area (Å²) in [6.45, 7) is 0.944. The summed E-state index contributed by atoms with van der Waals surface area (Å²) in [7, 11) is 4.07. The van der Waals surface area contributed by atoms with Gasteiger partial charge in [0, 0.05) is 19.4 Å². The van der Waals surface area contributed by atoms with Crippen LogP contribution in [-0.4, -0.2) is 45.4 Å². The second-order valence-electron chi connectivity index (χ2n) is 4.31. The van der Waals surface area contributed by atoms with Gasteiger partial charge < -0.3 is 10.0 Å². The fraction of sp³-hybridized carbons (Fsp3) is 0.800. The van der Waals surface area contributed by atoms with E-state index < -0.39 is 6.23 Å². The van der Waals surface area contributed by atoms with Crippen molar-refractivity contribution in [3.05, 3.63) is 11.6 Å². The molecule has 0 radical (unpaired) electrons. The highest BCUT2D eigenvalue weighted by Crippen LogP contribution is 2.20. The number of fused-ring (bicyclic) bond motifs is 1. The summed E-state index contributed by atoms with van der Waals surface area (Å²) in [4.78, 5) is 6.55. The summed E-state index contributed by atoms with van der Waals surface area (Å²) in [6, 6.07) is 0. The van der Waals surface area contributed by atoms with Crippen molar-refractivity contribution in [3.8, 4) is 0 Å². The zero-order chi connectivity index (χ0) is 10.8. The smallest absolute Gasteiger partial charge is 0.152 e. The first-order valence-electron chi connectivity index (χ1n) is 5.44. The summed E-state index contributed by atoms with van der Waals surface area (Å²) in [6.07, 6.45) is 3.12. The normalized spacial score (nSPS) is 20.7. The van der Waals surface area contributed by atoms with E-state index in [1.807, 2.05) is 14.1 Å². The maximum absolute atomic E-state index is 9.70. The fourth-order valence-corrected chi connectivity index (χ4v) is 1.81. The molecule has 0 bridgehead atoms. The molecular formula is C10H18N4O. The summed E-state index contributed by atoms with van der Waals surface area (Å²) in [5.41, 5.74) is 0. The Kier molecular flexibility index (Phi) is 3.02. The Bertz CT molecular complexity index is 334. The largest absolute Gasteiger partial charge is 0.372 e. The van der Waals surface area contributed by atoms with Gasteiger partial charge in [-0.1, -0.05) is 0 Å². The van der Waals surface area contributed by atoms with E-state index in [1.165, 1.54) is 0 Å². The first-order chi connectivity index (χ1) is 7.16. The SMILES string of the molecule is CN(C)CCc1nc2n(n1)C(O)CCC2. The van der Waals surface area contributed by atoms with Crippen LogP contribution in [0.1, 0.15) is 30.7 Å². The molecule has 1 aromatic heterocycles. The summed E-state index contributed by atoms with van der Waals surface area (Å²) in [5, 5.41) is 14.0. The molecule has 0 saturated carbocycles. The van der Waals surface area contributed by atoms with Crippen molar-refractivity contribution < 1.29 is 5.11 Å². The molecule has 5 nitrogen and oxygen atoms in total. The Labute approximate surface area is 89.7 Å². The van der Waals surface area contributed by atoms with Crippen molar-refractivity contribution >= 4 is 0 Å². The maximum atomic E-state index is 9.70. The van der Waals surface area contributed by atoms with Crippen LogP contribution in [0.15, 0.2) is 0 Å². The molecule has 5 heteroatoms. The Morgan fingerprint density at radius 1 is 1.53 bits per heavy atom. The Morgan fingerprint density at radius 2 is 2.33 bits per heavy atom. The van der Waals surface area contributed by atoms with Gasteiger partial charge in [-0.25, -0.2) is 9.67 Å². The standard InChI is InChI=1S/C10H18N4O/c1-13(2)7-6-8-11-9-4-3-5-10(15)14(9)12-8/h10,15H,3-7H2,1-2H3. The van der Waals surface area contributed by atoms with Crippen LogP contribution in [0.4, 0.5) is 0 Å². The minimum atomic E-state index is -0.464. The molecule has 2 rings (SSSR count). The van der Waals surface area contributed by atoms with Gasteiger partial charge in [0.25, 0.3) is 0 Å². The molecule has 0 aliphatic carbocycles. The predicted octanol–water partition coefficient (Wildman–Crippen LogP) is 0.209. The van der Waals surface area contributed by atoms with Crippen LogP contribution in [0.3, 0.4) is 0 Å². The number of hydrogen-bond donors (Lipinski definition) is 1. The van der Waals surface area contributed by atoms with Gasteiger partial charge in [0.2, 0.25) is 0 Å². The van der Waals surface area contributed by atoms with E-state index in [2.05, 4.69) is 15.0 Å². The van der Waals surface area contributed by atoms with Crippen molar-refractivity contribution in [1.29, 1.82) is 0 Å². The van der Waals surface area contributed by atoms with E-state index >= 15 is 0 Å². The summed E-state index contributed by atoms with van der Waals surface area (Å²) in [5.74, 6) is 1.78. The molecule has 1 N–H and O–H groups in total. The second-order valence-corrected chi connectivity index (χ2v) is 4.31. The minimum Gasteiger partial charge on any atom is -0.372 e. The van der Waals surface area contributed by atoms with E-state index in [0.717, 1.165) is 43.9 Å². The molecule has 0 amide bonds. The zero-order valence-electron chi connectivity index (χ0n) is 9.35. The average molecular weight is 210 g/mol. The van der Waals surface area contributed by atoms with E-state index in [1.54, 1.807) is 4.68 Å². The summed E-state index contributed by atoms with van der Waals surface area (Å²) < 4.78 is 1.68. The lowest BCUT2D eigenvalue weighted by Crippen LogP contribution is -2.18. The number of aryl methyl sites for hydroxylation is 1. The zero-order valence-corrected chi connectivity index (χ0v) is 9.35. The lowest BCUT2D eigenvalue weighted by Gasteiger charge is -2.17. The first kappa shape index (κ1) is 10.6. The van der Waals surface area contributed by atoms with Gasteiger partial charge in [0.05, 0.1) is 0 Å². The van der Waals surface area contributed by atoms with Crippen molar-refractivity contribution in [1.82, 2.24) is 19.7 Å². The second kappa shape index (κ2) is 4.28. The molecule has 1 aliphatic rings. The predicted molar refractivity (Wildman–Crippen MR) is 56.5 cm³/mol. The third-order valence-electron chi connectivity index (χ3n) is 2.67. The van der Waals surface area contributed by atoms with E-state index in [0.29, 0.717) is 0 Å². The first-order valence-corrected chi connectivity index (χ1v) is 5.44. The number of rotatable bonds is 3. The van der Waals surface area contributed by atoms with E-state index in [9.17, 15) is 5.11 Å². The third-order valence-corrected chi connectivity index (χ3v) is 2.67. The molecule has 2 heterocycles. The van der Waals surface area contributed by atoms with Crippen LogP contribution in [0.5, 0.6) is 0 Å². The quantitative estimate of drug-likeness (QED) is 0.775. The van der Waals surface area contributed by atoms with Crippen molar-refractivity contribution in [2.24, 2.45) is 0 Å². The van der Waals surface area contributed by atoms with Gasteiger partial charge in [-0.05, 0) is 26.9 Å². The van der Waals surface area contributed by atoms with Gasteiger partial charge in [0.1, 0.15) is 12.1 Å². The lowest BCUT2D eigenvalue weighted by molar-refractivity contribution is 0.0643. The van der Waals surface area contributed by atoms with E-state index in [4.69, 9.17) is 0 Å². The molecule has 84 valence electrons. The van der Waals surface area contributed by atoms with Crippen LogP contribution in [0.2, 0.25) is 0 Å². The number of likely N-dealkylation sites (N-methyl/N-ethyl adjacent to an activating group) is 1. The van der Waals surface area contributed by atoms with Crippen molar-refractivity contribution in [2.45, 2.75) is 31.9 Å². The summed E-state index contributed by atoms with van der Waals surface area (Å²) >= 11 is 0. The van der Waals surface area contributed by atoms with Gasteiger partial charge >= 0.3 is 0 Å². The molecule has 0 saturated heterocycles. The molecular weight excluding hydrogens is 192 g/mol. The molecule has 1 unspecified atom stereocenters. The Morgan fingerprint density at radius 3 is 3.00 bits per heavy atom. The fourth-order valence-electron chi connectivity index (χ4n) is 1.81. The molecule has 0 spiro atoms. The molecule has 0 aromatic carbocycles. The number of aliphatic hydroxyl groups excluding tert-OH is 1. The minimum absolute atomic E-state index is 0.464. The van der Waals surface area contributed by atoms with Crippen LogP contribution in [0.25, 0.3) is 0 Å². The number of aliphatic hydroxyl groups is 1. The van der Waals surface area contributed by atoms with Crippen molar-refractivity contribution in [3.63, 3.8) is 0 Å². The van der Waals surface area contributed by atoms with Crippen molar-refractivity contribution in [2.75, 3.05) is 20.6 Å².